The maximum atomic E-state index is 14.1. The second-order valence-corrected chi connectivity index (χ2v) is 5.09. The van der Waals surface area contributed by atoms with Crippen molar-refractivity contribution in [3.63, 3.8) is 0 Å². The molecule has 0 N–H and O–H groups in total. The highest BCUT2D eigenvalue weighted by molar-refractivity contribution is 5.82. The fraction of sp³-hybridized carbons (Fsp3) is 0. The van der Waals surface area contributed by atoms with E-state index in [1.165, 1.54) is 6.07 Å². The summed E-state index contributed by atoms with van der Waals surface area (Å²) < 4.78 is 15.9. The van der Waals surface area contributed by atoms with Crippen LogP contribution in [0.3, 0.4) is 0 Å². The van der Waals surface area contributed by atoms with E-state index in [-0.39, 0.29) is 5.82 Å². The van der Waals surface area contributed by atoms with Gasteiger partial charge in [-0.3, -0.25) is 4.40 Å². The SMILES string of the molecule is Fc1cccn2c(-c3ccccc3)c(-c3ccccc3)nc12. The standard InChI is InChI=1S/C19H13FN2/c20-16-12-7-13-22-18(15-10-5-2-6-11-15)17(21-19(16)22)14-8-3-1-4-9-14/h1-13H. The first kappa shape index (κ1) is 12.8. The van der Waals surface area contributed by atoms with Crippen molar-refractivity contribution in [1.82, 2.24) is 9.38 Å². The maximum absolute atomic E-state index is 14.1. The molecule has 0 radical (unpaired) electrons. The number of fused-ring (bicyclic) bond motifs is 1. The van der Waals surface area contributed by atoms with Gasteiger partial charge in [-0.1, -0.05) is 60.7 Å². The molecular weight excluding hydrogens is 275 g/mol. The van der Waals surface area contributed by atoms with Gasteiger partial charge in [-0.15, -0.1) is 0 Å². The summed E-state index contributed by atoms with van der Waals surface area (Å²) in [5.41, 5.74) is 4.03. The Bertz CT molecular complexity index is 928. The van der Waals surface area contributed by atoms with Gasteiger partial charge < -0.3 is 0 Å². The number of hydrogen-bond donors (Lipinski definition) is 0. The quantitative estimate of drug-likeness (QED) is 0.517. The first-order valence-electron chi connectivity index (χ1n) is 7.12. The van der Waals surface area contributed by atoms with Gasteiger partial charge in [0.05, 0.1) is 11.4 Å². The molecule has 106 valence electrons. The summed E-state index contributed by atoms with van der Waals surface area (Å²) in [6.07, 6.45) is 1.85. The Hall–Kier alpha value is -2.94. The number of pyridine rings is 1. The van der Waals surface area contributed by atoms with Crippen molar-refractivity contribution in [3.8, 4) is 22.5 Å². The Morgan fingerprint density at radius 1 is 0.727 bits per heavy atom. The second kappa shape index (κ2) is 5.11. The summed E-state index contributed by atoms with van der Waals surface area (Å²) in [4.78, 5) is 4.55. The average molecular weight is 288 g/mol. The molecule has 0 spiro atoms. The van der Waals surface area contributed by atoms with E-state index in [9.17, 15) is 4.39 Å². The summed E-state index contributed by atoms with van der Waals surface area (Å²) in [6.45, 7) is 0. The van der Waals surface area contributed by atoms with Gasteiger partial charge >= 0.3 is 0 Å². The topological polar surface area (TPSA) is 17.3 Å². The van der Waals surface area contributed by atoms with E-state index in [2.05, 4.69) is 4.98 Å². The number of hydrogen-bond acceptors (Lipinski definition) is 1. The van der Waals surface area contributed by atoms with Crippen LogP contribution in [0.4, 0.5) is 4.39 Å². The lowest BCUT2D eigenvalue weighted by Gasteiger charge is -2.05. The summed E-state index contributed by atoms with van der Waals surface area (Å²) in [5, 5.41) is 0. The smallest absolute Gasteiger partial charge is 0.174 e. The van der Waals surface area contributed by atoms with Crippen LogP contribution in [0.1, 0.15) is 0 Å². The number of rotatable bonds is 2. The molecule has 2 heterocycles. The zero-order valence-electron chi connectivity index (χ0n) is 11.8. The number of halogens is 1. The Labute approximate surface area is 127 Å². The lowest BCUT2D eigenvalue weighted by atomic mass is 10.1. The first-order valence-corrected chi connectivity index (χ1v) is 7.12. The molecule has 0 saturated heterocycles. The lowest BCUT2D eigenvalue weighted by molar-refractivity contribution is 0.630. The molecule has 0 atom stereocenters. The molecule has 22 heavy (non-hydrogen) atoms. The van der Waals surface area contributed by atoms with Crippen LogP contribution in [-0.2, 0) is 0 Å². The van der Waals surface area contributed by atoms with E-state index in [4.69, 9.17) is 0 Å². The van der Waals surface area contributed by atoms with Gasteiger partial charge in [0.2, 0.25) is 0 Å². The van der Waals surface area contributed by atoms with Crippen LogP contribution in [0.5, 0.6) is 0 Å². The van der Waals surface area contributed by atoms with Crippen molar-refractivity contribution >= 4 is 5.65 Å². The molecule has 0 amide bonds. The van der Waals surface area contributed by atoms with Gasteiger partial charge in [0.25, 0.3) is 0 Å². The highest BCUT2D eigenvalue weighted by atomic mass is 19.1. The van der Waals surface area contributed by atoms with Gasteiger partial charge in [-0.2, -0.15) is 0 Å². The van der Waals surface area contributed by atoms with Crippen LogP contribution >= 0.6 is 0 Å². The van der Waals surface area contributed by atoms with Crippen molar-refractivity contribution in [2.24, 2.45) is 0 Å². The Balaban J connectivity index is 2.10. The fourth-order valence-corrected chi connectivity index (χ4v) is 2.70. The van der Waals surface area contributed by atoms with Crippen LogP contribution in [-0.4, -0.2) is 9.38 Å². The molecule has 0 aliphatic carbocycles. The minimum atomic E-state index is -0.318. The van der Waals surface area contributed by atoms with E-state index < -0.39 is 0 Å². The van der Waals surface area contributed by atoms with Gasteiger partial charge in [0.1, 0.15) is 0 Å². The van der Waals surface area contributed by atoms with E-state index in [1.54, 1.807) is 6.07 Å². The predicted molar refractivity (Wildman–Crippen MR) is 86.0 cm³/mol. The highest BCUT2D eigenvalue weighted by Crippen LogP contribution is 2.33. The molecule has 0 fully saturated rings. The van der Waals surface area contributed by atoms with Crippen LogP contribution in [0, 0.1) is 5.82 Å². The molecule has 4 rings (SSSR count). The first-order chi connectivity index (χ1) is 10.8. The van der Waals surface area contributed by atoms with Crippen molar-refractivity contribution in [2.45, 2.75) is 0 Å². The average Bonchev–Trinajstić information content (AvgIpc) is 2.97. The molecule has 0 saturated carbocycles. The van der Waals surface area contributed by atoms with Crippen molar-refractivity contribution in [3.05, 3.63) is 84.8 Å². The summed E-state index contributed by atoms with van der Waals surface area (Å²) in [6, 6.07) is 23.0. The van der Waals surface area contributed by atoms with E-state index in [1.807, 2.05) is 71.3 Å². The van der Waals surface area contributed by atoms with Crippen molar-refractivity contribution in [1.29, 1.82) is 0 Å². The summed E-state index contributed by atoms with van der Waals surface area (Å²) in [5.74, 6) is -0.318. The number of benzene rings is 2. The Kier molecular flexibility index (Phi) is 2.97. The van der Waals surface area contributed by atoms with Gasteiger partial charge in [0.15, 0.2) is 11.5 Å². The third-order valence-electron chi connectivity index (χ3n) is 3.70. The van der Waals surface area contributed by atoms with Crippen molar-refractivity contribution < 1.29 is 4.39 Å². The Morgan fingerprint density at radius 2 is 1.36 bits per heavy atom. The molecule has 0 unspecified atom stereocenters. The third-order valence-corrected chi connectivity index (χ3v) is 3.70. The molecular formula is C19H13FN2. The zero-order valence-corrected chi connectivity index (χ0v) is 11.8. The predicted octanol–water partition coefficient (Wildman–Crippen LogP) is 4.81. The molecule has 2 aromatic carbocycles. The zero-order chi connectivity index (χ0) is 14.9. The molecule has 0 aliphatic heterocycles. The molecule has 0 aliphatic rings. The van der Waals surface area contributed by atoms with Crippen LogP contribution < -0.4 is 0 Å². The fourth-order valence-electron chi connectivity index (χ4n) is 2.70. The third kappa shape index (κ3) is 1.99. The van der Waals surface area contributed by atoms with Gasteiger partial charge in [-0.25, -0.2) is 9.37 Å². The number of aromatic nitrogens is 2. The lowest BCUT2D eigenvalue weighted by Crippen LogP contribution is -1.90. The monoisotopic (exact) mass is 288 g/mol. The highest BCUT2D eigenvalue weighted by Gasteiger charge is 2.17. The van der Waals surface area contributed by atoms with Crippen LogP contribution in [0.2, 0.25) is 0 Å². The van der Waals surface area contributed by atoms with E-state index in [0.29, 0.717) is 5.65 Å². The maximum Gasteiger partial charge on any atom is 0.174 e. The van der Waals surface area contributed by atoms with Gasteiger partial charge in [0, 0.05) is 17.3 Å². The molecule has 2 nitrogen and oxygen atoms in total. The molecule has 4 aromatic rings. The molecule has 2 aromatic heterocycles. The normalized spacial score (nSPS) is 11.0. The van der Waals surface area contributed by atoms with Crippen LogP contribution in [0.25, 0.3) is 28.2 Å². The van der Waals surface area contributed by atoms with Crippen LogP contribution in [0.15, 0.2) is 79.0 Å². The van der Waals surface area contributed by atoms with E-state index >= 15 is 0 Å². The summed E-state index contributed by atoms with van der Waals surface area (Å²) in [7, 11) is 0. The molecule has 0 bridgehead atoms. The Morgan fingerprint density at radius 3 is 2.05 bits per heavy atom. The molecule has 3 heteroatoms. The second-order valence-electron chi connectivity index (χ2n) is 5.09. The van der Waals surface area contributed by atoms with Gasteiger partial charge in [-0.05, 0) is 12.1 Å². The van der Waals surface area contributed by atoms with E-state index in [0.717, 1.165) is 22.5 Å². The minimum Gasteiger partial charge on any atom is -0.297 e. The minimum absolute atomic E-state index is 0.318. The number of nitrogens with zero attached hydrogens (tertiary/aromatic N) is 2. The van der Waals surface area contributed by atoms with Crippen molar-refractivity contribution in [2.75, 3.05) is 0 Å². The largest absolute Gasteiger partial charge is 0.297 e. The summed E-state index contributed by atoms with van der Waals surface area (Å²) >= 11 is 0. The number of imidazole rings is 1.